The summed E-state index contributed by atoms with van der Waals surface area (Å²) in [6.07, 6.45) is 1.41. The Morgan fingerprint density at radius 2 is 1.60 bits per heavy atom. The first-order valence-corrected chi connectivity index (χ1v) is 14.2. The monoisotopic (exact) mass is 615 g/mol. The Labute approximate surface area is 255 Å². The van der Waals surface area contributed by atoms with Crippen LogP contribution in [0.4, 0.5) is 4.79 Å². The quantitative estimate of drug-likeness (QED) is 0.0750. The molecule has 15 heteroatoms. The molecular weight excluding hydrogens is 562 g/mol. The molecule has 0 spiro atoms. The summed E-state index contributed by atoms with van der Waals surface area (Å²) in [6, 6.07) is 5.99. The van der Waals surface area contributed by atoms with Gasteiger partial charge in [-0.2, -0.15) is 0 Å². The molecule has 0 aliphatic heterocycles. The zero-order valence-electron chi connectivity index (χ0n) is 26.5. The van der Waals surface area contributed by atoms with E-state index in [1.165, 1.54) is 0 Å². The van der Waals surface area contributed by atoms with E-state index in [0.29, 0.717) is 24.3 Å². The minimum absolute atomic E-state index is 0.0458. The van der Waals surface area contributed by atoms with Gasteiger partial charge in [-0.05, 0) is 44.5 Å². The zero-order chi connectivity index (χ0) is 32.9. The lowest BCUT2D eigenvalue weighted by molar-refractivity contribution is -0.124. The highest BCUT2D eigenvalue weighted by Crippen LogP contribution is 2.13. The standard InChI is InChI=1S/C24H41N7O7.C2H6O.C2H6/c1-27-19(8-3-4-9-31-24(35)28-2)23(34)30-11-10-29-22(33)17-6-5-7-18(14-17)38-16-21(26)37-13-12-36-15-20(25)32;1-3-2;1-2/h5-7,14,19,21,27H,3-4,8-13,15-16,26H2,1-2H3,(H2,25,32)(H,29,33)(H,30,34)(H2,28,31,35);1-2H3;1-2H3. The SMILES string of the molecule is CC.CNC(=O)NCCCCC(NC)C(=O)NCCNC(=O)c1cccc(OCC(N)OCCOCC(N)=O)c1.COC. The molecule has 1 rings (SSSR count). The molecule has 1 aromatic carbocycles. The summed E-state index contributed by atoms with van der Waals surface area (Å²) in [4.78, 5) is 46.6. The molecule has 2 unspecified atom stereocenters. The largest absolute Gasteiger partial charge is 0.489 e. The van der Waals surface area contributed by atoms with E-state index < -0.39 is 12.1 Å². The number of nitrogens with one attached hydrogen (secondary N) is 5. The van der Waals surface area contributed by atoms with E-state index in [2.05, 4.69) is 31.3 Å². The van der Waals surface area contributed by atoms with Crippen molar-refractivity contribution in [3.63, 3.8) is 0 Å². The van der Waals surface area contributed by atoms with Gasteiger partial charge in [0, 0.05) is 46.5 Å². The minimum atomic E-state index is -0.728. The first-order valence-electron chi connectivity index (χ1n) is 14.2. The molecule has 0 aromatic heterocycles. The van der Waals surface area contributed by atoms with Crippen molar-refractivity contribution in [1.82, 2.24) is 26.6 Å². The molecule has 15 nitrogen and oxygen atoms in total. The second kappa shape index (κ2) is 28.6. The van der Waals surface area contributed by atoms with Crippen LogP contribution in [0.15, 0.2) is 24.3 Å². The highest BCUT2D eigenvalue weighted by Gasteiger charge is 2.15. The van der Waals surface area contributed by atoms with Gasteiger partial charge >= 0.3 is 6.03 Å². The van der Waals surface area contributed by atoms with E-state index in [-0.39, 0.29) is 63.4 Å². The van der Waals surface area contributed by atoms with Crippen molar-refractivity contribution in [2.24, 2.45) is 11.5 Å². The summed E-state index contributed by atoms with van der Waals surface area (Å²) in [5.74, 6) is -0.595. The molecule has 0 aliphatic carbocycles. The summed E-state index contributed by atoms with van der Waals surface area (Å²) in [5.41, 5.74) is 11.2. The molecule has 43 heavy (non-hydrogen) atoms. The molecule has 0 saturated carbocycles. The van der Waals surface area contributed by atoms with Crippen molar-refractivity contribution in [2.75, 3.05) is 74.4 Å². The average Bonchev–Trinajstić information content (AvgIpc) is 3.00. The van der Waals surface area contributed by atoms with Crippen LogP contribution in [0, 0.1) is 0 Å². The summed E-state index contributed by atoms with van der Waals surface area (Å²) >= 11 is 0. The number of likely N-dealkylation sites (N-methyl/N-ethyl adjacent to an activating group) is 1. The van der Waals surface area contributed by atoms with Crippen LogP contribution in [0.1, 0.15) is 43.5 Å². The lowest BCUT2D eigenvalue weighted by atomic mass is 10.1. The van der Waals surface area contributed by atoms with Crippen molar-refractivity contribution < 1.29 is 38.1 Å². The van der Waals surface area contributed by atoms with E-state index in [0.717, 1.165) is 12.8 Å². The topological polar surface area (TPSA) is 217 Å². The smallest absolute Gasteiger partial charge is 0.314 e. The molecule has 2 atom stereocenters. The van der Waals surface area contributed by atoms with Crippen LogP contribution >= 0.6 is 0 Å². The molecule has 0 saturated heterocycles. The van der Waals surface area contributed by atoms with Gasteiger partial charge in [0.1, 0.15) is 25.2 Å². The van der Waals surface area contributed by atoms with Crippen molar-refractivity contribution in [1.29, 1.82) is 0 Å². The Morgan fingerprint density at radius 1 is 0.930 bits per heavy atom. The third-order valence-corrected chi connectivity index (χ3v) is 5.12. The maximum atomic E-state index is 12.5. The summed E-state index contributed by atoms with van der Waals surface area (Å²) in [7, 11) is 6.51. The van der Waals surface area contributed by atoms with E-state index >= 15 is 0 Å². The van der Waals surface area contributed by atoms with Gasteiger partial charge in [0.25, 0.3) is 5.91 Å². The highest BCUT2D eigenvalue weighted by atomic mass is 16.6. The Hall–Kier alpha value is -3.50. The number of rotatable bonds is 20. The highest BCUT2D eigenvalue weighted by molar-refractivity contribution is 5.94. The van der Waals surface area contributed by atoms with Gasteiger partial charge in [0.2, 0.25) is 11.8 Å². The first kappa shape index (κ1) is 41.6. The fraction of sp³-hybridized carbons (Fsp3) is 0.643. The number of nitrogens with two attached hydrogens (primary N) is 2. The zero-order valence-corrected chi connectivity index (χ0v) is 26.5. The summed E-state index contributed by atoms with van der Waals surface area (Å²) < 4.78 is 20.1. The van der Waals surface area contributed by atoms with E-state index in [9.17, 15) is 19.2 Å². The second-order valence-corrected chi connectivity index (χ2v) is 8.57. The first-order chi connectivity index (χ1) is 20.7. The number of amides is 5. The number of hydrogen-bond acceptors (Lipinski definition) is 10. The molecule has 0 radical (unpaired) electrons. The Balaban J connectivity index is 0. The second-order valence-electron chi connectivity index (χ2n) is 8.57. The number of urea groups is 1. The number of unbranched alkanes of at least 4 members (excludes halogenated alkanes) is 1. The van der Waals surface area contributed by atoms with E-state index in [1.54, 1.807) is 52.6 Å². The third-order valence-electron chi connectivity index (χ3n) is 5.12. The Morgan fingerprint density at radius 3 is 2.23 bits per heavy atom. The predicted octanol–water partition coefficient (Wildman–Crippen LogP) is -0.309. The van der Waals surface area contributed by atoms with Gasteiger partial charge in [-0.1, -0.05) is 19.9 Å². The number of hydrogen-bond donors (Lipinski definition) is 7. The van der Waals surface area contributed by atoms with Gasteiger partial charge in [-0.3, -0.25) is 14.4 Å². The molecule has 0 bridgehead atoms. The average molecular weight is 616 g/mol. The maximum Gasteiger partial charge on any atom is 0.314 e. The van der Waals surface area contributed by atoms with E-state index in [4.69, 9.17) is 25.7 Å². The Kier molecular flexibility index (Phi) is 27.7. The number of carbonyl (C=O) groups is 4. The van der Waals surface area contributed by atoms with Gasteiger partial charge in [-0.25, -0.2) is 4.79 Å². The van der Waals surface area contributed by atoms with Crippen molar-refractivity contribution >= 4 is 23.8 Å². The summed E-state index contributed by atoms with van der Waals surface area (Å²) in [6.45, 7) is 5.25. The van der Waals surface area contributed by atoms with Gasteiger partial charge < -0.3 is 57.0 Å². The van der Waals surface area contributed by atoms with Crippen LogP contribution in [0.3, 0.4) is 0 Å². The van der Waals surface area contributed by atoms with Crippen LogP contribution in [0.25, 0.3) is 0 Å². The molecule has 9 N–H and O–H groups in total. The minimum Gasteiger partial charge on any atom is -0.489 e. The van der Waals surface area contributed by atoms with Gasteiger partial charge in [0.15, 0.2) is 0 Å². The molecule has 0 fully saturated rings. The third kappa shape index (κ3) is 23.7. The number of benzene rings is 1. The fourth-order valence-electron chi connectivity index (χ4n) is 3.14. The van der Waals surface area contributed by atoms with Crippen LogP contribution in [-0.2, 0) is 23.8 Å². The van der Waals surface area contributed by atoms with Gasteiger partial charge in [0.05, 0.1) is 19.3 Å². The lowest BCUT2D eigenvalue weighted by Crippen LogP contribution is -2.45. The molecule has 1 aromatic rings. The fourth-order valence-corrected chi connectivity index (χ4v) is 3.14. The molecule has 0 aliphatic rings. The van der Waals surface area contributed by atoms with Crippen molar-refractivity contribution in [3.8, 4) is 5.75 Å². The van der Waals surface area contributed by atoms with E-state index in [1.807, 2.05) is 13.8 Å². The Bertz CT molecular complexity index is 892. The van der Waals surface area contributed by atoms with Crippen molar-refractivity contribution in [2.45, 2.75) is 45.4 Å². The van der Waals surface area contributed by atoms with Crippen molar-refractivity contribution in [3.05, 3.63) is 29.8 Å². The number of methoxy groups -OCH3 is 1. The lowest BCUT2D eigenvalue weighted by Gasteiger charge is -2.16. The predicted molar refractivity (Wildman–Crippen MR) is 165 cm³/mol. The molecule has 5 amide bonds. The molecule has 0 heterocycles. The number of ether oxygens (including phenoxy) is 4. The number of carbonyl (C=O) groups excluding carboxylic acids is 4. The van der Waals surface area contributed by atoms with Crippen LogP contribution < -0.4 is 42.8 Å². The summed E-state index contributed by atoms with van der Waals surface area (Å²) in [5, 5.41) is 13.7. The van der Waals surface area contributed by atoms with Crippen LogP contribution in [-0.4, -0.2) is 110 Å². The van der Waals surface area contributed by atoms with Crippen LogP contribution in [0.5, 0.6) is 5.75 Å². The molecule has 248 valence electrons. The normalized spacial score (nSPS) is 11.3. The molecular formula is C28H53N7O8. The number of primary amides is 1. The van der Waals surface area contributed by atoms with Gasteiger partial charge in [-0.15, -0.1) is 0 Å². The van der Waals surface area contributed by atoms with Crippen LogP contribution in [0.2, 0.25) is 0 Å². The maximum absolute atomic E-state index is 12.5.